The molecule has 2 aromatic carbocycles. The topological polar surface area (TPSA) is 70.5 Å². The summed E-state index contributed by atoms with van der Waals surface area (Å²) >= 11 is 0. The van der Waals surface area contributed by atoms with E-state index in [1.807, 2.05) is 36.4 Å². The van der Waals surface area contributed by atoms with Gasteiger partial charge in [-0.3, -0.25) is 0 Å². The molecule has 0 spiro atoms. The average molecular weight is 328 g/mol. The van der Waals surface area contributed by atoms with Gasteiger partial charge in [0.05, 0.1) is 26.4 Å². The minimum Gasteiger partial charge on any atom is -0.378 e. The quantitative estimate of drug-likeness (QED) is 0.620. The first-order valence-corrected chi connectivity index (χ1v) is 8.44. The molecule has 4 N–H and O–H groups in total. The summed E-state index contributed by atoms with van der Waals surface area (Å²) in [6.45, 7) is 2.66. The Balaban J connectivity index is 1.95. The van der Waals surface area contributed by atoms with Crippen molar-refractivity contribution in [2.45, 2.75) is 18.4 Å². The van der Waals surface area contributed by atoms with Crippen molar-refractivity contribution >= 4 is 0 Å². The molecule has 0 bridgehead atoms. The molecule has 0 aromatic heterocycles. The monoisotopic (exact) mass is 328 g/mol. The van der Waals surface area contributed by atoms with Gasteiger partial charge in [0.1, 0.15) is 0 Å². The molecule has 0 heterocycles. The maximum atomic E-state index is 6.72. The van der Waals surface area contributed by atoms with Crippen molar-refractivity contribution in [2.75, 3.05) is 33.0 Å². The van der Waals surface area contributed by atoms with Crippen molar-refractivity contribution in [2.24, 2.45) is 11.5 Å². The molecule has 0 aliphatic heterocycles. The molecule has 4 heteroatoms. The van der Waals surface area contributed by atoms with E-state index >= 15 is 0 Å². The van der Waals surface area contributed by atoms with Gasteiger partial charge in [-0.1, -0.05) is 60.7 Å². The predicted octanol–water partition coefficient (Wildman–Crippen LogP) is 2.16. The van der Waals surface area contributed by atoms with Crippen LogP contribution in [-0.2, 0) is 22.3 Å². The Kier molecular flexibility index (Phi) is 7.92. The number of nitrogens with two attached hydrogens (primary N) is 2. The van der Waals surface area contributed by atoms with Gasteiger partial charge in [-0.05, 0) is 24.0 Å². The minimum absolute atomic E-state index is 0.448. The molecule has 0 saturated heterocycles. The summed E-state index contributed by atoms with van der Waals surface area (Å²) in [6, 6.07) is 20.6. The van der Waals surface area contributed by atoms with Gasteiger partial charge >= 0.3 is 0 Å². The van der Waals surface area contributed by atoms with E-state index < -0.39 is 5.54 Å². The van der Waals surface area contributed by atoms with Gasteiger partial charge in [-0.25, -0.2) is 0 Å². The summed E-state index contributed by atoms with van der Waals surface area (Å²) in [4.78, 5) is 0. The van der Waals surface area contributed by atoms with Crippen LogP contribution in [0.1, 0.15) is 11.1 Å². The third-order valence-corrected chi connectivity index (χ3v) is 3.82. The Morgan fingerprint density at radius 3 is 1.71 bits per heavy atom. The Morgan fingerprint density at radius 1 is 0.708 bits per heavy atom. The van der Waals surface area contributed by atoms with Gasteiger partial charge in [0, 0.05) is 12.1 Å². The van der Waals surface area contributed by atoms with Crippen LogP contribution >= 0.6 is 0 Å². The standard InChI is InChI=1S/C20H28N2O2/c21-11-12-23-13-14-24-17-20(22,15-18-7-3-1-4-8-18)16-19-9-5-2-6-10-19/h1-10H,11-17,21-22H2. The Labute approximate surface area is 144 Å². The summed E-state index contributed by atoms with van der Waals surface area (Å²) < 4.78 is 11.1. The summed E-state index contributed by atoms with van der Waals surface area (Å²) in [7, 11) is 0. The fraction of sp³-hybridized carbons (Fsp3) is 0.400. The normalized spacial score (nSPS) is 11.6. The van der Waals surface area contributed by atoms with Crippen molar-refractivity contribution < 1.29 is 9.47 Å². The van der Waals surface area contributed by atoms with Gasteiger partial charge in [-0.15, -0.1) is 0 Å². The maximum absolute atomic E-state index is 6.72. The van der Waals surface area contributed by atoms with E-state index in [4.69, 9.17) is 20.9 Å². The number of hydrogen-bond donors (Lipinski definition) is 2. The summed E-state index contributed by atoms with van der Waals surface area (Å²) in [5, 5.41) is 0. The highest BCUT2D eigenvalue weighted by molar-refractivity contribution is 5.22. The zero-order valence-corrected chi connectivity index (χ0v) is 14.2. The van der Waals surface area contributed by atoms with Crippen LogP contribution in [0.25, 0.3) is 0 Å². The Bertz CT molecular complexity index is 519. The Hall–Kier alpha value is -1.72. The lowest BCUT2D eigenvalue weighted by Gasteiger charge is -2.30. The molecule has 0 aliphatic rings. The highest BCUT2D eigenvalue weighted by Gasteiger charge is 2.26. The second kappa shape index (κ2) is 10.2. The van der Waals surface area contributed by atoms with Crippen LogP contribution in [0.15, 0.2) is 60.7 Å². The molecule has 0 saturated carbocycles. The van der Waals surface area contributed by atoms with Crippen LogP contribution in [0.3, 0.4) is 0 Å². The summed E-state index contributed by atoms with van der Waals surface area (Å²) in [5.74, 6) is 0. The molecule has 2 aromatic rings. The zero-order chi connectivity index (χ0) is 17.1. The van der Waals surface area contributed by atoms with Crippen molar-refractivity contribution in [3.8, 4) is 0 Å². The fourth-order valence-corrected chi connectivity index (χ4v) is 2.75. The van der Waals surface area contributed by atoms with E-state index in [2.05, 4.69) is 24.3 Å². The fourth-order valence-electron chi connectivity index (χ4n) is 2.75. The molecule has 0 unspecified atom stereocenters. The minimum atomic E-state index is -0.448. The maximum Gasteiger partial charge on any atom is 0.0701 e. The number of rotatable bonds is 11. The van der Waals surface area contributed by atoms with Crippen molar-refractivity contribution in [3.05, 3.63) is 71.8 Å². The van der Waals surface area contributed by atoms with E-state index in [0.717, 1.165) is 12.8 Å². The summed E-state index contributed by atoms with van der Waals surface area (Å²) in [6.07, 6.45) is 1.54. The second-order valence-corrected chi connectivity index (χ2v) is 6.14. The van der Waals surface area contributed by atoms with Gasteiger partial charge in [0.2, 0.25) is 0 Å². The van der Waals surface area contributed by atoms with E-state index in [1.54, 1.807) is 0 Å². The van der Waals surface area contributed by atoms with Crippen LogP contribution in [0.5, 0.6) is 0 Å². The van der Waals surface area contributed by atoms with E-state index in [9.17, 15) is 0 Å². The highest BCUT2D eigenvalue weighted by Crippen LogP contribution is 2.18. The van der Waals surface area contributed by atoms with Crippen LogP contribution < -0.4 is 11.5 Å². The Morgan fingerprint density at radius 2 is 1.21 bits per heavy atom. The molecule has 0 atom stereocenters. The average Bonchev–Trinajstić information content (AvgIpc) is 2.60. The molecule has 130 valence electrons. The van der Waals surface area contributed by atoms with E-state index in [-0.39, 0.29) is 0 Å². The first kappa shape index (κ1) is 18.6. The van der Waals surface area contributed by atoms with E-state index in [1.165, 1.54) is 11.1 Å². The predicted molar refractivity (Wildman–Crippen MR) is 97.9 cm³/mol. The molecule has 0 radical (unpaired) electrons. The smallest absolute Gasteiger partial charge is 0.0701 e. The first-order chi connectivity index (χ1) is 11.7. The van der Waals surface area contributed by atoms with Crippen molar-refractivity contribution in [3.63, 3.8) is 0 Å². The highest BCUT2D eigenvalue weighted by atomic mass is 16.5. The van der Waals surface area contributed by atoms with E-state index in [0.29, 0.717) is 33.0 Å². The molecule has 4 nitrogen and oxygen atoms in total. The molecular formula is C20H28N2O2. The second-order valence-electron chi connectivity index (χ2n) is 6.14. The molecule has 24 heavy (non-hydrogen) atoms. The van der Waals surface area contributed by atoms with Crippen LogP contribution in [0, 0.1) is 0 Å². The lowest BCUT2D eigenvalue weighted by molar-refractivity contribution is 0.0289. The van der Waals surface area contributed by atoms with Crippen LogP contribution in [-0.4, -0.2) is 38.5 Å². The van der Waals surface area contributed by atoms with Gasteiger partial charge in [0.15, 0.2) is 0 Å². The SMILES string of the molecule is NCCOCCOCC(N)(Cc1ccccc1)Cc1ccccc1. The molecule has 0 fully saturated rings. The molecule has 0 amide bonds. The largest absolute Gasteiger partial charge is 0.378 e. The number of benzene rings is 2. The molecular weight excluding hydrogens is 300 g/mol. The lowest BCUT2D eigenvalue weighted by atomic mass is 9.86. The third-order valence-electron chi connectivity index (χ3n) is 3.82. The number of ether oxygens (including phenoxy) is 2. The summed E-state index contributed by atoms with van der Waals surface area (Å²) in [5.41, 5.74) is 14.1. The number of hydrogen-bond acceptors (Lipinski definition) is 4. The van der Waals surface area contributed by atoms with Crippen LogP contribution in [0.4, 0.5) is 0 Å². The zero-order valence-electron chi connectivity index (χ0n) is 14.2. The van der Waals surface area contributed by atoms with Gasteiger partial charge in [0.25, 0.3) is 0 Å². The van der Waals surface area contributed by atoms with Gasteiger partial charge < -0.3 is 20.9 Å². The van der Waals surface area contributed by atoms with Crippen molar-refractivity contribution in [1.82, 2.24) is 0 Å². The third kappa shape index (κ3) is 6.81. The first-order valence-electron chi connectivity index (χ1n) is 8.44. The van der Waals surface area contributed by atoms with Gasteiger partial charge in [-0.2, -0.15) is 0 Å². The van der Waals surface area contributed by atoms with Crippen molar-refractivity contribution in [1.29, 1.82) is 0 Å². The molecule has 0 aliphatic carbocycles. The molecule has 2 rings (SSSR count). The van der Waals surface area contributed by atoms with Crippen LogP contribution in [0.2, 0.25) is 0 Å². The lowest BCUT2D eigenvalue weighted by Crippen LogP contribution is -2.49.